The highest BCUT2D eigenvalue weighted by atomic mass is 79.9. The van der Waals surface area contributed by atoms with Gasteiger partial charge in [-0.05, 0) is 47.5 Å². The first-order valence-corrected chi connectivity index (χ1v) is 19.3. The maximum atomic E-state index is 13.7. The van der Waals surface area contributed by atoms with Gasteiger partial charge in [0.05, 0.1) is 37.6 Å². The Labute approximate surface area is 310 Å². The molecule has 8 aromatic rings. The Bertz CT molecular complexity index is 1840. The third-order valence-corrected chi connectivity index (χ3v) is 16.3. The van der Waals surface area contributed by atoms with Crippen LogP contribution in [0.3, 0.4) is 0 Å². The Morgan fingerprint density at radius 2 is 0.620 bits per heavy atom. The molecule has 0 saturated carbocycles. The van der Waals surface area contributed by atoms with E-state index in [-0.39, 0.29) is 39.7 Å². The zero-order chi connectivity index (χ0) is 32.4. The number of furan rings is 6. The molecule has 0 atom stereocenters. The van der Waals surface area contributed by atoms with E-state index >= 15 is 0 Å². The number of carbonyl (C=O) groups is 1. The van der Waals surface area contributed by atoms with E-state index in [1.807, 2.05) is 121 Å². The molecule has 8 rings (SSSR count). The van der Waals surface area contributed by atoms with Crippen LogP contribution in [0.25, 0.3) is 0 Å². The average Bonchev–Trinajstić information content (AvgIpc) is 3.99. The first-order chi connectivity index (χ1) is 23.7. The smallest absolute Gasteiger partial charge is 0.263 e. The maximum absolute atomic E-state index is 13.7. The SMILES string of the molecule is O=C(c1ccc(C[P+](c2ccco2)(c2ccco2)c2ccco2)cc1)c1ccc(C[P+](c2ccco2)(c2ccco2)c2ccco2)cc1.[Br-].[Br-]. The van der Waals surface area contributed by atoms with Gasteiger partial charge < -0.3 is 60.5 Å². The van der Waals surface area contributed by atoms with Gasteiger partial charge in [-0.25, -0.2) is 0 Å². The summed E-state index contributed by atoms with van der Waals surface area (Å²) in [6.07, 6.45) is 11.3. The summed E-state index contributed by atoms with van der Waals surface area (Å²) in [5.74, 6) is -0.0542. The number of rotatable bonds is 12. The van der Waals surface area contributed by atoms with Crippen molar-refractivity contribution < 1.29 is 65.3 Å². The summed E-state index contributed by atoms with van der Waals surface area (Å²) in [5.41, 5.74) is 8.14. The fraction of sp³-hybridized carbons (Fsp3) is 0.0513. The lowest BCUT2D eigenvalue weighted by atomic mass is 10.0. The number of hydrogen-bond donors (Lipinski definition) is 0. The van der Waals surface area contributed by atoms with Crippen molar-refractivity contribution in [3.05, 3.63) is 181 Å². The molecule has 0 amide bonds. The third-order valence-electron chi connectivity index (χ3n) is 8.57. The molecule has 0 spiro atoms. The zero-order valence-electron chi connectivity index (χ0n) is 26.4. The average molecular weight is 832 g/mol. The highest BCUT2D eigenvalue weighted by molar-refractivity contribution is 7.94. The predicted octanol–water partition coefficient (Wildman–Crippen LogP) is 1.47. The van der Waals surface area contributed by atoms with Crippen LogP contribution in [0.2, 0.25) is 0 Å². The molecule has 0 aliphatic carbocycles. The second-order valence-electron chi connectivity index (χ2n) is 11.4. The number of ketones is 1. The van der Waals surface area contributed by atoms with Gasteiger partial charge in [-0.1, -0.05) is 48.5 Å². The van der Waals surface area contributed by atoms with Crippen LogP contribution in [0.1, 0.15) is 27.0 Å². The lowest BCUT2D eigenvalue weighted by Crippen LogP contribution is -3.00. The maximum Gasteiger partial charge on any atom is 0.263 e. The van der Waals surface area contributed by atoms with Gasteiger partial charge >= 0.3 is 0 Å². The molecule has 0 fully saturated rings. The lowest BCUT2D eigenvalue weighted by Gasteiger charge is -2.19. The summed E-state index contributed by atoms with van der Waals surface area (Å²) in [4.78, 5) is 13.7. The van der Waals surface area contributed by atoms with E-state index in [9.17, 15) is 4.79 Å². The topological polar surface area (TPSA) is 95.9 Å². The Balaban J connectivity index is 0.00000216. The highest BCUT2D eigenvalue weighted by Crippen LogP contribution is 2.59. The Morgan fingerprint density at radius 1 is 0.380 bits per heavy atom. The van der Waals surface area contributed by atoms with Crippen LogP contribution in [0, 0.1) is 0 Å². The molecule has 0 aliphatic heterocycles. The first-order valence-electron chi connectivity index (χ1n) is 15.4. The molecule has 252 valence electrons. The molecular formula is C39H30Br2O7P2. The van der Waals surface area contributed by atoms with Crippen molar-refractivity contribution in [3.63, 3.8) is 0 Å². The van der Waals surface area contributed by atoms with Crippen LogP contribution in [0.15, 0.2) is 185 Å². The minimum atomic E-state index is -2.41. The molecule has 50 heavy (non-hydrogen) atoms. The van der Waals surface area contributed by atoms with E-state index in [1.54, 1.807) is 37.6 Å². The summed E-state index contributed by atoms with van der Waals surface area (Å²) in [7, 11) is -4.82. The van der Waals surface area contributed by atoms with E-state index in [4.69, 9.17) is 26.5 Å². The van der Waals surface area contributed by atoms with Crippen molar-refractivity contribution in [1.82, 2.24) is 0 Å². The Kier molecular flexibility index (Phi) is 10.8. The van der Waals surface area contributed by atoms with Gasteiger partial charge in [-0.15, -0.1) is 0 Å². The van der Waals surface area contributed by atoms with Crippen molar-refractivity contribution in [1.29, 1.82) is 0 Å². The summed E-state index contributed by atoms with van der Waals surface area (Å²) < 4.78 is 36.0. The van der Waals surface area contributed by atoms with E-state index in [0.29, 0.717) is 23.5 Å². The molecule has 6 heterocycles. The minimum Gasteiger partial charge on any atom is -1.00 e. The normalized spacial score (nSPS) is 11.5. The van der Waals surface area contributed by atoms with Gasteiger partial charge in [0.25, 0.3) is 33.0 Å². The van der Waals surface area contributed by atoms with Crippen LogP contribution >= 0.6 is 14.5 Å². The van der Waals surface area contributed by atoms with Crippen molar-refractivity contribution in [2.75, 3.05) is 0 Å². The molecule has 0 bridgehead atoms. The van der Waals surface area contributed by atoms with Gasteiger partial charge in [0, 0.05) is 47.5 Å². The number of halogens is 2. The van der Waals surface area contributed by atoms with Crippen LogP contribution in [0.5, 0.6) is 0 Å². The van der Waals surface area contributed by atoms with Crippen LogP contribution in [0.4, 0.5) is 0 Å². The van der Waals surface area contributed by atoms with Crippen molar-refractivity contribution in [3.8, 4) is 0 Å². The third kappa shape index (κ3) is 6.36. The minimum absolute atomic E-state index is 0. The van der Waals surface area contributed by atoms with E-state index in [2.05, 4.69) is 0 Å². The molecule has 2 aromatic carbocycles. The lowest BCUT2D eigenvalue weighted by molar-refractivity contribution is -0.00100. The largest absolute Gasteiger partial charge is 1.00 e. The van der Waals surface area contributed by atoms with E-state index in [0.717, 1.165) is 44.1 Å². The van der Waals surface area contributed by atoms with E-state index < -0.39 is 14.5 Å². The van der Waals surface area contributed by atoms with Gasteiger partial charge in [-0.3, -0.25) is 4.79 Å². The highest BCUT2D eigenvalue weighted by Gasteiger charge is 2.55. The molecule has 7 nitrogen and oxygen atoms in total. The number of benzene rings is 2. The summed E-state index contributed by atoms with van der Waals surface area (Å²) in [6.45, 7) is 0. The Hall–Kier alpha value is -4.39. The summed E-state index contributed by atoms with van der Waals surface area (Å²) in [6, 6.07) is 38.7. The second-order valence-corrected chi connectivity index (χ2v) is 17.9. The monoisotopic (exact) mass is 830 g/mol. The number of hydrogen-bond acceptors (Lipinski definition) is 7. The van der Waals surface area contributed by atoms with Crippen LogP contribution in [-0.2, 0) is 12.3 Å². The fourth-order valence-electron chi connectivity index (χ4n) is 6.28. The van der Waals surface area contributed by atoms with Crippen LogP contribution < -0.4 is 67.0 Å². The molecule has 0 radical (unpaired) electrons. The molecule has 0 aliphatic rings. The molecule has 0 unspecified atom stereocenters. The van der Waals surface area contributed by atoms with Gasteiger partial charge in [0.1, 0.15) is 12.3 Å². The van der Waals surface area contributed by atoms with Gasteiger partial charge in [0.15, 0.2) is 5.78 Å². The van der Waals surface area contributed by atoms with Crippen molar-refractivity contribution in [2.45, 2.75) is 12.3 Å². The predicted molar refractivity (Wildman–Crippen MR) is 188 cm³/mol. The molecule has 0 N–H and O–H groups in total. The van der Waals surface area contributed by atoms with Crippen molar-refractivity contribution >= 4 is 53.3 Å². The number of carbonyl (C=O) groups excluding carboxylic acids is 1. The van der Waals surface area contributed by atoms with Crippen LogP contribution in [-0.4, -0.2) is 5.78 Å². The Morgan fingerprint density at radius 3 is 0.820 bits per heavy atom. The summed E-state index contributed by atoms with van der Waals surface area (Å²) >= 11 is 0. The van der Waals surface area contributed by atoms with Gasteiger partial charge in [0.2, 0.25) is 14.5 Å². The molecule has 11 heteroatoms. The van der Waals surface area contributed by atoms with E-state index in [1.165, 1.54) is 0 Å². The fourth-order valence-corrected chi connectivity index (χ4v) is 13.5. The standard InChI is InChI=1S/C39H30O7P2.2BrH/c40-39(31-17-13-29(14-18-31)27-47(33-7-1-21-41-33,34-8-2-22-42-34)35-9-3-23-43-35)32-19-15-30(16-20-32)28-48(36-10-4-24-44-36,37-11-5-25-45-37)38-12-6-26-46-38;;/h1-26H,27-28H2;2*1H/q+2;;/p-2. The zero-order valence-corrected chi connectivity index (χ0v) is 31.4. The molecular weight excluding hydrogens is 802 g/mol. The first kappa shape index (κ1) is 35.4. The summed E-state index contributed by atoms with van der Waals surface area (Å²) in [5, 5.41) is 0. The quantitative estimate of drug-likeness (QED) is 0.136. The van der Waals surface area contributed by atoms with Crippen molar-refractivity contribution in [2.24, 2.45) is 0 Å². The molecule has 0 saturated heterocycles. The molecule has 6 aromatic heterocycles. The second kappa shape index (κ2) is 15.2. The van der Waals surface area contributed by atoms with Gasteiger partial charge in [-0.2, -0.15) is 0 Å².